The third-order valence-electron chi connectivity index (χ3n) is 3.43. The smallest absolute Gasteiger partial charge is 0.387 e. The van der Waals surface area contributed by atoms with Crippen molar-refractivity contribution in [2.24, 2.45) is 0 Å². The summed E-state index contributed by atoms with van der Waals surface area (Å²) in [6, 6.07) is 5.07. The predicted octanol–water partition coefficient (Wildman–Crippen LogP) is 3.57. The molecule has 115 valence electrons. The number of anilines is 1. The summed E-state index contributed by atoms with van der Waals surface area (Å²) in [6.45, 7) is 4.20. The lowest BCUT2D eigenvalue weighted by molar-refractivity contribution is -0.0493. The van der Waals surface area contributed by atoms with Crippen molar-refractivity contribution in [2.75, 3.05) is 25.4 Å². The molecule has 21 heavy (non-hydrogen) atoms. The highest BCUT2D eigenvalue weighted by Crippen LogP contribution is 2.30. The van der Waals surface area contributed by atoms with E-state index < -0.39 is 6.61 Å². The zero-order valence-electron chi connectivity index (χ0n) is 12.4. The number of hydrogen-bond donors (Lipinski definition) is 1. The molecule has 0 bridgehead atoms. The standard InChI is InChI=1S/C16H21F2N2O/c1-11(2)10-20-7-5-12(6-8-20)13-3-4-14(19)15(9-13)21-16(17)18/h3-5,9,16H,6-8,10,19H2,1-2H3. The number of halogens is 2. The summed E-state index contributed by atoms with van der Waals surface area (Å²) in [5.41, 5.74) is 7.94. The molecule has 0 amide bonds. The lowest BCUT2D eigenvalue weighted by Crippen LogP contribution is -2.31. The maximum absolute atomic E-state index is 12.3. The molecule has 1 aromatic rings. The minimum atomic E-state index is -2.86. The summed E-state index contributed by atoms with van der Waals surface area (Å²) in [6.07, 6.45) is 3.04. The molecule has 0 saturated carbocycles. The highest BCUT2D eigenvalue weighted by Gasteiger charge is 2.16. The van der Waals surface area contributed by atoms with Crippen LogP contribution in [0.2, 0.25) is 0 Å². The SMILES string of the molecule is C[C](C)CN1CC=C(c2ccc(N)c(OC(F)F)c2)CC1. The van der Waals surface area contributed by atoms with Crippen LogP contribution in [0.15, 0.2) is 24.3 Å². The van der Waals surface area contributed by atoms with Crippen LogP contribution in [0.4, 0.5) is 14.5 Å². The molecule has 5 heteroatoms. The summed E-state index contributed by atoms with van der Waals surface area (Å²) >= 11 is 0. The van der Waals surface area contributed by atoms with Gasteiger partial charge in [0.2, 0.25) is 0 Å². The Balaban J connectivity index is 2.10. The Labute approximate surface area is 124 Å². The Bertz CT molecular complexity index is 515. The molecule has 0 fully saturated rings. The van der Waals surface area contributed by atoms with Crippen LogP contribution in [0.1, 0.15) is 25.8 Å². The molecule has 0 aromatic heterocycles. The van der Waals surface area contributed by atoms with Gasteiger partial charge in [0.25, 0.3) is 0 Å². The molecule has 3 nitrogen and oxygen atoms in total. The van der Waals surface area contributed by atoms with Crippen molar-refractivity contribution in [1.82, 2.24) is 4.90 Å². The Hall–Kier alpha value is -1.62. The van der Waals surface area contributed by atoms with E-state index in [2.05, 4.69) is 29.6 Å². The van der Waals surface area contributed by atoms with E-state index in [-0.39, 0.29) is 11.4 Å². The largest absolute Gasteiger partial charge is 0.433 e. The van der Waals surface area contributed by atoms with E-state index in [1.807, 2.05) is 6.07 Å². The summed E-state index contributed by atoms with van der Waals surface area (Å²) in [4.78, 5) is 2.35. The topological polar surface area (TPSA) is 38.5 Å². The molecule has 1 heterocycles. The minimum Gasteiger partial charge on any atom is -0.433 e. The van der Waals surface area contributed by atoms with Gasteiger partial charge in [-0.3, -0.25) is 4.90 Å². The number of alkyl halides is 2. The molecule has 1 radical (unpaired) electrons. The molecular weight excluding hydrogens is 274 g/mol. The molecule has 0 unspecified atom stereocenters. The Morgan fingerprint density at radius 2 is 2.14 bits per heavy atom. The van der Waals surface area contributed by atoms with Crippen LogP contribution >= 0.6 is 0 Å². The first-order chi connectivity index (χ1) is 9.95. The zero-order valence-corrected chi connectivity index (χ0v) is 12.4. The van der Waals surface area contributed by atoms with Gasteiger partial charge in [-0.15, -0.1) is 0 Å². The third kappa shape index (κ3) is 4.43. The Morgan fingerprint density at radius 1 is 1.38 bits per heavy atom. The molecule has 1 aliphatic rings. The lowest BCUT2D eigenvalue weighted by Gasteiger charge is -2.27. The molecule has 1 aliphatic heterocycles. The lowest BCUT2D eigenvalue weighted by atomic mass is 9.98. The van der Waals surface area contributed by atoms with E-state index >= 15 is 0 Å². The average molecular weight is 295 g/mol. The molecular formula is C16H21F2N2O. The van der Waals surface area contributed by atoms with E-state index in [1.165, 1.54) is 5.92 Å². The van der Waals surface area contributed by atoms with Gasteiger partial charge in [-0.1, -0.05) is 26.0 Å². The van der Waals surface area contributed by atoms with Crippen LogP contribution in [0.25, 0.3) is 5.57 Å². The number of benzene rings is 1. The predicted molar refractivity (Wildman–Crippen MR) is 81.1 cm³/mol. The fourth-order valence-corrected chi connectivity index (χ4v) is 2.50. The Morgan fingerprint density at radius 3 is 2.71 bits per heavy atom. The van der Waals surface area contributed by atoms with Crippen LogP contribution < -0.4 is 10.5 Å². The summed E-state index contributed by atoms with van der Waals surface area (Å²) in [7, 11) is 0. The highest BCUT2D eigenvalue weighted by atomic mass is 19.3. The second-order valence-corrected chi connectivity index (χ2v) is 5.55. The van der Waals surface area contributed by atoms with Crippen LogP contribution in [0, 0.1) is 5.92 Å². The van der Waals surface area contributed by atoms with E-state index in [9.17, 15) is 8.78 Å². The first-order valence-electron chi connectivity index (χ1n) is 7.01. The molecule has 2 rings (SSSR count). The maximum Gasteiger partial charge on any atom is 0.387 e. The summed E-state index contributed by atoms with van der Waals surface area (Å²) in [5.74, 6) is 1.43. The van der Waals surface area contributed by atoms with E-state index in [0.29, 0.717) is 0 Å². The van der Waals surface area contributed by atoms with Gasteiger partial charge in [-0.05, 0) is 35.6 Å². The zero-order chi connectivity index (χ0) is 15.4. The maximum atomic E-state index is 12.3. The molecule has 0 spiro atoms. The van der Waals surface area contributed by atoms with Gasteiger partial charge < -0.3 is 10.5 Å². The number of ether oxygens (including phenoxy) is 1. The number of hydrogen-bond acceptors (Lipinski definition) is 3. The van der Waals surface area contributed by atoms with Crippen molar-refractivity contribution in [3.8, 4) is 5.75 Å². The Kier molecular flexibility index (Phi) is 5.17. The molecule has 2 N–H and O–H groups in total. The van der Waals surface area contributed by atoms with Crippen LogP contribution in [0.3, 0.4) is 0 Å². The average Bonchev–Trinajstić information content (AvgIpc) is 2.41. The van der Waals surface area contributed by atoms with Gasteiger partial charge in [0.15, 0.2) is 0 Å². The molecule has 0 saturated heterocycles. The van der Waals surface area contributed by atoms with Crippen LogP contribution in [-0.4, -0.2) is 31.1 Å². The van der Waals surface area contributed by atoms with Gasteiger partial charge >= 0.3 is 6.61 Å². The summed E-state index contributed by atoms with van der Waals surface area (Å²) < 4.78 is 29.1. The number of nitrogen functional groups attached to an aromatic ring is 1. The van der Waals surface area contributed by atoms with Crippen molar-refractivity contribution >= 4 is 11.3 Å². The molecule has 0 atom stereocenters. The minimum absolute atomic E-state index is 0.0450. The third-order valence-corrected chi connectivity index (χ3v) is 3.43. The van der Waals surface area contributed by atoms with Crippen LogP contribution in [-0.2, 0) is 0 Å². The second kappa shape index (κ2) is 6.89. The van der Waals surface area contributed by atoms with Crippen LogP contribution in [0.5, 0.6) is 5.75 Å². The van der Waals surface area contributed by atoms with E-state index in [1.54, 1.807) is 12.1 Å². The van der Waals surface area contributed by atoms with Crippen molar-refractivity contribution < 1.29 is 13.5 Å². The quantitative estimate of drug-likeness (QED) is 0.844. The number of rotatable bonds is 5. The van der Waals surface area contributed by atoms with Gasteiger partial charge in [0.1, 0.15) is 5.75 Å². The van der Waals surface area contributed by atoms with Gasteiger partial charge in [0.05, 0.1) is 5.69 Å². The summed E-state index contributed by atoms with van der Waals surface area (Å²) in [5, 5.41) is 0. The van der Waals surface area contributed by atoms with E-state index in [4.69, 9.17) is 5.73 Å². The highest BCUT2D eigenvalue weighted by molar-refractivity contribution is 5.70. The fourth-order valence-electron chi connectivity index (χ4n) is 2.50. The van der Waals surface area contributed by atoms with Gasteiger partial charge in [0, 0.05) is 19.6 Å². The van der Waals surface area contributed by atoms with Crippen molar-refractivity contribution in [3.63, 3.8) is 0 Å². The molecule has 0 aliphatic carbocycles. The monoisotopic (exact) mass is 295 g/mol. The number of nitrogens with two attached hydrogens (primary N) is 1. The van der Waals surface area contributed by atoms with Gasteiger partial charge in [-0.2, -0.15) is 8.78 Å². The fraction of sp³-hybridized carbons (Fsp3) is 0.438. The van der Waals surface area contributed by atoms with Crippen molar-refractivity contribution in [1.29, 1.82) is 0 Å². The van der Waals surface area contributed by atoms with E-state index in [0.717, 1.165) is 37.2 Å². The first kappa shape index (κ1) is 15.8. The van der Waals surface area contributed by atoms with Crippen molar-refractivity contribution in [3.05, 3.63) is 35.8 Å². The number of nitrogens with zero attached hydrogens (tertiary/aromatic N) is 1. The molecule has 1 aromatic carbocycles. The van der Waals surface area contributed by atoms with Gasteiger partial charge in [-0.25, -0.2) is 0 Å². The normalized spacial score (nSPS) is 16.4. The first-order valence-corrected chi connectivity index (χ1v) is 7.01. The van der Waals surface area contributed by atoms with Crippen molar-refractivity contribution in [2.45, 2.75) is 26.9 Å². The second-order valence-electron chi connectivity index (χ2n) is 5.55.